The van der Waals surface area contributed by atoms with Crippen LogP contribution in [0, 0.1) is 0 Å². The first kappa shape index (κ1) is 16.4. The van der Waals surface area contributed by atoms with Crippen LogP contribution >= 0.6 is 0 Å². The summed E-state index contributed by atoms with van der Waals surface area (Å²) in [7, 11) is 1.72. The zero-order valence-corrected chi connectivity index (χ0v) is 14.5. The zero-order valence-electron chi connectivity index (χ0n) is 14.5. The van der Waals surface area contributed by atoms with Crippen molar-refractivity contribution in [1.29, 1.82) is 0 Å². The van der Waals surface area contributed by atoms with Gasteiger partial charge < -0.3 is 10.1 Å². The van der Waals surface area contributed by atoms with Gasteiger partial charge in [0.2, 0.25) is 0 Å². The van der Waals surface area contributed by atoms with Crippen molar-refractivity contribution in [1.82, 2.24) is 19.8 Å². The van der Waals surface area contributed by atoms with Crippen LogP contribution in [-0.2, 0) is 10.2 Å². The van der Waals surface area contributed by atoms with Crippen molar-refractivity contribution in [2.45, 2.75) is 32.3 Å². The van der Waals surface area contributed by atoms with Gasteiger partial charge in [0.1, 0.15) is 5.82 Å². The van der Waals surface area contributed by atoms with Crippen LogP contribution in [0.15, 0.2) is 42.5 Å². The first-order valence-corrected chi connectivity index (χ1v) is 8.03. The average molecular weight is 325 g/mol. The Morgan fingerprint density at radius 2 is 1.83 bits per heavy atom. The second-order valence-corrected chi connectivity index (χ2v) is 6.78. The van der Waals surface area contributed by atoms with Crippen molar-refractivity contribution in [3.05, 3.63) is 53.9 Å². The maximum absolute atomic E-state index is 5.59. The molecule has 0 aliphatic carbocycles. The number of anilines is 1. The van der Waals surface area contributed by atoms with E-state index in [4.69, 9.17) is 4.74 Å². The summed E-state index contributed by atoms with van der Waals surface area (Å²) in [4.78, 5) is 0. The standard InChI is InChI=1S/C18H23N5O/c1-18(2,3)17-21-20-16-11-10-15(22-23(16)17)19-12-14(24-4)13-8-6-5-7-9-13/h5-11,14H,12H2,1-4H3,(H,19,22). The predicted octanol–water partition coefficient (Wildman–Crippen LogP) is 3.22. The Hall–Kier alpha value is -2.47. The Kier molecular flexibility index (Phi) is 4.49. The maximum atomic E-state index is 5.59. The molecule has 2 aromatic heterocycles. The number of benzene rings is 1. The van der Waals surface area contributed by atoms with Gasteiger partial charge in [-0.1, -0.05) is 51.1 Å². The molecule has 0 radical (unpaired) electrons. The second kappa shape index (κ2) is 6.57. The molecule has 0 saturated carbocycles. The molecule has 3 rings (SSSR count). The smallest absolute Gasteiger partial charge is 0.178 e. The van der Waals surface area contributed by atoms with Gasteiger partial charge in [-0.2, -0.15) is 4.52 Å². The molecular weight excluding hydrogens is 302 g/mol. The van der Waals surface area contributed by atoms with Gasteiger partial charge in [0.05, 0.1) is 6.10 Å². The van der Waals surface area contributed by atoms with Crippen molar-refractivity contribution < 1.29 is 4.74 Å². The van der Waals surface area contributed by atoms with E-state index in [1.165, 1.54) is 0 Å². The number of rotatable bonds is 5. The average Bonchev–Trinajstić information content (AvgIpc) is 3.00. The van der Waals surface area contributed by atoms with Gasteiger partial charge in [-0.15, -0.1) is 15.3 Å². The Morgan fingerprint density at radius 1 is 1.08 bits per heavy atom. The minimum atomic E-state index is -0.121. The highest BCUT2D eigenvalue weighted by molar-refractivity contribution is 5.44. The van der Waals surface area contributed by atoms with E-state index in [1.807, 2.05) is 30.3 Å². The SMILES string of the molecule is COC(CNc1ccc2nnc(C(C)(C)C)n2n1)c1ccccc1. The van der Waals surface area contributed by atoms with Gasteiger partial charge >= 0.3 is 0 Å². The van der Waals surface area contributed by atoms with E-state index >= 15 is 0 Å². The van der Waals surface area contributed by atoms with E-state index in [1.54, 1.807) is 11.6 Å². The number of fused-ring (bicyclic) bond motifs is 1. The van der Waals surface area contributed by atoms with Crippen molar-refractivity contribution >= 4 is 11.5 Å². The van der Waals surface area contributed by atoms with Crippen LogP contribution < -0.4 is 5.32 Å². The third kappa shape index (κ3) is 3.38. The monoisotopic (exact) mass is 325 g/mol. The summed E-state index contributed by atoms with van der Waals surface area (Å²) in [5.41, 5.74) is 1.76. The van der Waals surface area contributed by atoms with E-state index in [0.717, 1.165) is 22.9 Å². The molecule has 0 spiro atoms. The van der Waals surface area contributed by atoms with Crippen molar-refractivity contribution in [3.8, 4) is 0 Å². The van der Waals surface area contributed by atoms with Gasteiger partial charge in [0.15, 0.2) is 11.5 Å². The summed E-state index contributed by atoms with van der Waals surface area (Å²) in [5.74, 6) is 1.61. The Morgan fingerprint density at radius 3 is 2.50 bits per heavy atom. The van der Waals surface area contributed by atoms with Crippen LogP contribution in [-0.4, -0.2) is 33.5 Å². The number of methoxy groups -OCH3 is 1. The van der Waals surface area contributed by atoms with Crippen LogP contribution in [0.4, 0.5) is 5.82 Å². The van der Waals surface area contributed by atoms with Gasteiger partial charge in [0.25, 0.3) is 0 Å². The first-order valence-electron chi connectivity index (χ1n) is 8.03. The lowest BCUT2D eigenvalue weighted by molar-refractivity contribution is 0.114. The van der Waals surface area contributed by atoms with E-state index in [-0.39, 0.29) is 11.5 Å². The lowest BCUT2D eigenvalue weighted by Gasteiger charge is -2.18. The van der Waals surface area contributed by atoms with Gasteiger partial charge in [-0.25, -0.2) is 0 Å². The molecule has 6 heteroatoms. The molecule has 1 unspecified atom stereocenters. The lowest BCUT2D eigenvalue weighted by atomic mass is 9.96. The van der Waals surface area contributed by atoms with Gasteiger partial charge in [0, 0.05) is 19.1 Å². The topological polar surface area (TPSA) is 64.3 Å². The highest BCUT2D eigenvalue weighted by atomic mass is 16.5. The van der Waals surface area contributed by atoms with E-state index in [0.29, 0.717) is 6.54 Å². The van der Waals surface area contributed by atoms with Crippen LogP contribution in [0.1, 0.15) is 38.3 Å². The molecule has 0 amide bonds. The highest BCUT2D eigenvalue weighted by Gasteiger charge is 2.22. The minimum Gasteiger partial charge on any atom is -0.375 e. The molecule has 2 heterocycles. The highest BCUT2D eigenvalue weighted by Crippen LogP contribution is 2.21. The zero-order chi connectivity index (χ0) is 17.2. The molecule has 0 saturated heterocycles. The quantitative estimate of drug-likeness (QED) is 0.780. The van der Waals surface area contributed by atoms with Crippen LogP contribution in [0.2, 0.25) is 0 Å². The van der Waals surface area contributed by atoms with Crippen LogP contribution in [0.3, 0.4) is 0 Å². The van der Waals surface area contributed by atoms with E-state index < -0.39 is 0 Å². The largest absolute Gasteiger partial charge is 0.375 e. The number of hydrogen-bond donors (Lipinski definition) is 1. The minimum absolute atomic E-state index is 0.0355. The first-order chi connectivity index (χ1) is 11.5. The fourth-order valence-corrected chi connectivity index (χ4v) is 2.55. The molecule has 24 heavy (non-hydrogen) atoms. The molecule has 1 aromatic carbocycles. The van der Waals surface area contributed by atoms with E-state index in [9.17, 15) is 0 Å². The van der Waals surface area contributed by atoms with E-state index in [2.05, 4.69) is 53.5 Å². The van der Waals surface area contributed by atoms with Crippen molar-refractivity contribution in [3.63, 3.8) is 0 Å². The molecule has 1 N–H and O–H groups in total. The molecule has 1 atom stereocenters. The molecule has 6 nitrogen and oxygen atoms in total. The molecule has 0 bridgehead atoms. The molecular formula is C18H23N5O. The van der Waals surface area contributed by atoms with Crippen LogP contribution in [0.5, 0.6) is 0 Å². The normalized spacial score (nSPS) is 13.2. The third-order valence-electron chi connectivity index (χ3n) is 3.86. The molecule has 0 aliphatic heterocycles. The molecule has 126 valence electrons. The molecule has 3 aromatic rings. The summed E-state index contributed by atoms with van der Waals surface area (Å²) in [5, 5.41) is 16.4. The third-order valence-corrected chi connectivity index (χ3v) is 3.86. The van der Waals surface area contributed by atoms with Crippen molar-refractivity contribution in [2.24, 2.45) is 0 Å². The molecule has 0 aliphatic rings. The lowest BCUT2D eigenvalue weighted by Crippen LogP contribution is -2.19. The second-order valence-electron chi connectivity index (χ2n) is 6.78. The van der Waals surface area contributed by atoms with Gasteiger partial charge in [-0.3, -0.25) is 0 Å². The number of ether oxygens (including phenoxy) is 1. The number of aromatic nitrogens is 4. The maximum Gasteiger partial charge on any atom is 0.178 e. The summed E-state index contributed by atoms with van der Waals surface area (Å²) in [6.07, 6.45) is -0.0355. The summed E-state index contributed by atoms with van der Waals surface area (Å²) in [6, 6.07) is 14.0. The summed E-state index contributed by atoms with van der Waals surface area (Å²) < 4.78 is 7.39. The Labute approximate surface area is 141 Å². The Balaban J connectivity index is 1.80. The van der Waals surface area contributed by atoms with Crippen LogP contribution in [0.25, 0.3) is 5.65 Å². The van der Waals surface area contributed by atoms with Gasteiger partial charge in [-0.05, 0) is 17.7 Å². The summed E-state index contributed by atoms with van der Waals surface area (Å²) >= 11 is 0. The molecule has 0 fully saturated rings. The Bertz CT molecular complexity index is 807. The summed E-state index contributed by atoms with van der Waals surface area (Å²) in [6.45, 7) is 6.93. The predicted molar refractivity (Wildman–Crippen MR) is 94.2 cm³/mol. The number of nitrogens with one attached hydrogen (secondary N) is 1. The fourth-order valence-electron chi connectivity index (χ4n) is 2.55. The number of hydrogen-bond acceptors (Lipinski definition) is 5. The van der Waals surface area contributed by atoms with Crippen molar-refractivity contribution in [2.75, 3.05) is 19.0 Å². The fraction of sp³-hybridized carbons (Fsp3) is 0.389. The number of nitrogens with zero attached hydrogens (tertiary/aromatic N) is 4.